The number of non-ortho nitro benzene ring substituents is 1. The van der Waals surface area contributed by atoms with E-state index in [1.54, 1.807) is 13.0 Å². The summed E-state index contributed by atoms with van der Waals surface area (Å²) in [6.07, 6.45) is 4.70. The van der Waals surface area contributed by atoms with Crippen LogP contribution in [0, 0.1) is 16.0 Å². The van der Waals surface area contributed by atoms with Crippen molar-refractivity contribution < 1.29 is 38.2 Å². The average molecular weight is 609 g/mol. The van der Waals surface area contributed by atoms with E-state index in [1.165, 1.54) is 25.3 Å². The van der Waals surface area contributed by atoms with Gasteiger partial charge in [0.15, 0.2) is 6.29 Å². The minimum atomic E-state index is -0.932. The number of nitrogens with zero attached hydrogens (tertiary/aromatic N) is 2. The third-order valence-electron chi connectivity index (χ3n) is 7.71. The Bertz CT molecular complexity index is 1360. The zero-order chi connectivity index (χ0) is 31.5. The SMILES string of the molecule is CCC1=C(C(=O)OCCCOc2ccc(CCOC3CCCCO3)cc2)C(c2cccc([N+](=O)[O-])c2)C(C(=O)OC)C(C)=N1. The third kappa shape index (κ3) is 8.51. The first-order valence-electron chi connectivity index (χ1n) is 15.0. The van der Waals surface area contributed by atoms with Gasteiger partial charge in [-0.3, -0.25) is 19.9 Å². The van der Waals surface area contributed by atoms with Gasteiger partial charge in [-0.2, -0.15) is 0 Å². The molecular formula is C33H40N2O9. The molecule has 2 heterocycles. The smallest absolute Gasteiger partial charge is 0.336 e. The highest BCUT2D eigenvalue weighted by Gasteiger charge is 2.43. The summed E-state index contributed by atoms with van der Waals surface area (Å²) >= 11 is 0. The summed E-state index contributed by atoms with van der Waals surface area (Å²) < 4.78 is 27.9. The van der Waals surface area contributed by atoms with Crippen LogP contribution in [0.4, 0.5) is 5.69 Å². The summed E-state index contributed by atoms with van der Waals surface area (Å²) in [4.78, 5) is 41.9. The molecule has 1 saturated heterocycles. The third-order valence-corrected chi connectivity index (χ3v) is 7.71. The molecule has 0 spiro atoms. The number of esters is 2. The molecule has 0 aromatic heterocycles. The average Bonchev–Trinajstić information content (AvgIpc) is 3.04. The van der Waals surface area contributed by atoms with E-state index in [4.69, 9.17) is 23.7 Å². The Hall–Kier alpha value is -4.09. The maximum Gasteiger partial charge on any atom is 0.336 e. The fraction of sp³-hybridized carbons (Fsp3) is 0.485. The molecule has 3 unspecified atom stereocenters. The number of methoxy groups -OCH3 is 1. The topological polar surface area (TPSA) is 136 Å². The summed E-state index contributed by atoms with van der Waals surface area (Å²) in [5.41, 5.74) is 2.55. The number of allylic oxidation sites excluding steroid dienone is 1. The molecule has 3 atom stereocenters. The number of nitro benzene ring substituents is 1. The molecule has 1 fully saturated rings. The number of aliphatic imine (C=N–C) groups is 1. The maximum absolute atomic E-state index is 13.5. The van der Waals surface area contributed by atoms with Gasteiger partial charge in [-0.25, -0.2) is 4.79 Å². The van der Waals surface area contributed by atoms with Crippen LogP contribution in [0.15, 0.2) is 64.8 Å². The predicted octanol–water partition coefficient (Wildman–Crippen LogP) is 5.70. The normalized spacial score (nSPS) is 20.1. The van der Waals surface area contributed by atoms with E-state index in [0.717, 1.165) is 37.9 Å². The summed E-state index contributed by atoms with van der Waals surface area (Å²) in [6, 6.07) is 13.7. The van der Waals surface area contributed by atoms with Gasteiger partial charge in [0, 0.05) is 36.8 Å². The first kappa shape index (κ1) is 32.8. The Kier molecular flexibility index (Phi) is 12.0. The van der Waals surface area contributed by atoms with E-state index in [-0.39, 0.29) is 24.2 Å². The standard InChI is InChI=1S/C33H40N2O9/c1-4-27-31(30(29(22(2)34-27)32(36)40-3)24-9-7-10-25(21-24)35(38)39)33(37)44-19-8-18-41-26-14-12-23(13-15-26)16-20-43-28-11-5-6-17-42-28/h7,9-10,12-15,21,28-30H,4-6,8,11,16-20H2,1-3H3. The van der Waals surface area contributed by atoms with Crippen LogP contribution in [-0.4, -0.2) is 62.4 Å². The van der Waals surface area contributed by atoms with Gasteiger partial charge >= 0.3 is 11.9 Å². The van der Waals surface area contributed by atoms with Crippen LogP contribution in [0.2, 0.25) is 0 Å². The molecule has 11 nitrogen and oxygen atoms in total. The van der Waals surface area contributed by atoms with Gasteiger partial charge < -0.3 is 23.7 Å². The molecule has 0 radical (unpaired) electrons. The van der Waals surface area contributed by atoms with Crippen molar-refractivity contribution in [1.29, 1.82) is 0 Å². The zero-order valence-corrected chi connectivity index (χ0v) is 25.5. The predicted molar refractivity (Wildman–Crippen MR) is 163 cm³/mol. The van der Waals surface area contributed by atoms with Crippen LogP contribution in [0.1, 0.15) is 63.0 Å². The number of ether oxygens (including phenoxy) is 5. The minimum Gasteiger partial charge on any atom is -0.493 e. The van der Waals surface area contributed by atoms with Crippen LogP contribution in [0.5, 0.6) is 5.75 Å². The van der Waals surface area contributed by atoms with Crippen molar-refractivity contribution in [3.8, 4) is 5.75 Å². The second kappa shape index (κ2) is 16.1. The number of carbonyl (C=O) groups is 2. The second-order valence-electron chi connectivity index (χ2n) is 10.7. The molecule has 44 heavy (non-hydrogen) atoms. The Morgan fingerprint density at radius 1 is 1.09 bits per heavy atom. The fourth-order valence-corrected chi connectivity index (χ4v) is 5.46. The summed E-state index contributed by atoms with van der Waals surface area (Å²) in [5, 5.41) is 11.5. The van der Waals surface area contributed by atoms with Gasteiger partial charge in [-0.15, -0.1) is 0 Å². The lowest BCUT2D eigenvalue weighted by atomic mass is 9.75. The van der Waals surface area contributed by atoms with Gasteiger partial charge in [0.05, 0.1) is 43.1 Å². The first-order chi connectivity index (χ1) is 21.3. The Labute approximate surface area is 257 Å². The van der Waals surface area contributed by atoms with Gasteiger partial charge in [-0.05, 0) is 62.3 Å². The molecule has 0 aliphatic carbocycles. The maximum atomic E-state index is 13.5. The van der Waals surface area contributed by atoms with E-state index in [1.807, 2.05) is 31.2 Å². The molecule has 2 aliphatic rings. The Morgan fingerprint density at radius 2 is 1.89 bits per heavy atom. The number of carbonyl (C=O) groups excluding carboxylic acids is 2. The van der Waals surface area contributed by atoms with Crippen LogP contribution in [0.3, 0.4) is 0 Å². The lowest BCUT2D eigenvalue weighted by Crippen LogP contribution is -2.36. The lowest BCUT2D eigenvalue weighted by molar-refractivity contribution is -0.384. The first-order valence-corrected chi connectivity index (χ1v) is 15.0. The van der Waals surface area contributed by atoms with Gasteiger partial charge in [0.1, 0.15) is 11.7 Å². The summed E-state index contributed by atoms with van der Waals surface area (Å²) in [6.45, 7) is 5.29. The van der Waals surface area contributed by atoms with Crippen molar-refractivity contribution in [3.05, 3.63) is 81.0 Å². The van der Waals surface area contributed by atoms with E-state index in [2.05, 4.69) is 4.99 Å². The monoisotopic (exact) mass is 608 g/mol. The van der Waals surface area contributed by atoms with Crippen molar-refractivity contribution in [2.24, 2.45) is 10.9 Å². The second-order valence-corrected chi connectivity index (χ2v) is 10.7. The molecule has 2 aromatic carbocycles. The van der Waals surface area contributed by atoms with E-state index >= 15 is 0 Å². The molecular weight excluding hydrogens is 568 g/mol. The van der Waals surface area contributed by atoms with Crippen LogP contribution in [0.25, 0.3) is 0 Å². The molecule has 236 valence electrons. The fourth-order valence-electron chi connectivity index (χ4n) is 5.46. The quantitative estimate of drug-likeness (QED) is 0.114. The number of hydrogen-bond donors (Lipinski definition) is 0. The molecule has 2 aromatic rings. The van der Waals surface area contributed by atoms with Crippen molar-refractivity contribution in [2.45, 2.75) is 64.6 Å². The number of hydrogen-bond acceptors (Lipinski definition) is 10. The highest BCUT2D eigenvalue weighted by Crippen LogP contribution is 2.41. The van der Waals surface area contributed by atoms with E-state index < -0.39 is 28.7 Å². The van der Waals surface area contributed by atoms with E-state index in [0.29, 0.717) is 48.8 Å². The summed E-state index contributed by atoms with van der Waals surface area (Å²) in [7, 11) is 1.26. The Balaban J connectivity index is 1.34. The molecule has 4 rings (SSSR count). The largest absolute Gasteiger partial charge is 0.493 e. The lowest BCUT2D eigenvalue weighted by Gasteiger charge is -2.31. The Morgan fingerprint density at radius 3 is 2.57 bits per heavy atom. The highest BCUT2D eigenvalue weighted by molar-refractivity contribution is 6.07. The van der Waals surface area contributed by atoms with E-state index in [9.17, 15) is 19.7 Å². The molecule has 0 saturated carbocycles. The van der Waals surface area contributed by atoms with Crippen molar-refractivity contribution >= 4 is 23.3 Å². The number of benzene rings is 2. The molecule has 0 N–H and O–H groups in total. The van der Waals surface area contributed by atoms with Crippen LogP contribution in [-0.2, 0) is 35.0 Å². The molecule has 11 heteroatoms. The molecule has 2 aliphatic heterocycles. The van der Waals surface area contributed by atoms with Crippen molar-refractivity contribution in [1.82, 2.24) is 0 Å². The molecule has 0 bridgehead atoms. The number of rotatable bonds is 14. The van der Waals surface area contributed by atoms with Crippen LogP contribution >= 0.6 is 0 Å². The molecule has 0 amide bonds. The summed E-state index contributed by atoms with van der Waals surface area (Å²) in [5.74, 6) is -2.30. The van der Waals surface area contributed by atoms with Gasteiger partial charge in [-0.1, -0.05) is 31.2 Å². The zero-order valence-electron chi connectivity index (χ0n) is 25.5. The van der Waals surface area contributed by atoms with Crippen molar-refractivity contribution in [3.63, 3.8) is 0 Å². The van der Waals surface area contributed by atoms with Gasteiger partial charge in [0.25, 0.3) is 5.69 Å². The van der Waals surface area contributed by atoms with Gasteiger partial charge in [0.2, 0.25) is 0 Å². The van der Waals surface area contributed by atoms with Crippen LogP contribution < -0.4 is 4.74 Å². The highest BCUT2D eigenvalue weighted by atomic mass is 16.7. The number of nitro groups is 1. The minimum absolute atomic E-state index is 0.0746. The van der Waals surface area contributed by atoms with Crippen molar-refractivity contribution in [2.75, 3.05) is 33.5 Å².